The van der Waals surface area contributed by atoms with Crippen molar-refractivity contribution in [2.45, 2.75) is 19.8 Å². The molecule has 0 radical (unpaired) electrons. The Bertz CT molecular complexity index is 914. The Morgan fingerprint density at radius 1 is 1.25 bits per heavy atom. The number of amides is 2. The third-order valence-corrected chi connectivity index (χ3v) is 4.51. The normalized spacial score (nSPS) is 13.4. The van der Waals surface area contributed by atoms with Crippen LogP contribution < -0.4 is 15.0 Å². The average Bonchev–Trinajstić information content (AvgIpc) is 2.69. The van der Waals surface area contributed by atoms with Crippen LogP contribution in [0.25, 0.3) is 6.08 Å². The molecule has 0 spiro atoms. The summed E-state index contributed by atoms with van der Waals surface area (Å²) in [5.41, 5.74) is 3.51. The first-order valence-corrected chi connectivity index (χ1v) is 9.25. The Labute approximate surface area is 165 Å². The van der Waals surface area contributed by atoms with E-state index in [-0.39, 0.29) is 18.4 Å². The zero-order chi connectivity index (χ0) is 20.1. The molecule has 0 unspecified atom stereocenters. The molecule has 1 heterocycles. The van der Waals surface area contributed by atoms with Gasteiger partial charge < -0.3 is 15.0 Å². The number of nitrogens with one attached hydrogen (secondary N) is 1. The fourth-order valence-corrected chi connectivity index (χ4v) is 2.96. The van der Waals surface area contributed by atoms with E-state index in [1.807, 2.05) is 12.1 Å². The molecule has 0 aromatic heterocycles. The Kier molecular flexibility index (Phi) is 5.94. The lowest BCUT2D eigenvalue weighted by Crippen LogP contribution is -2.38. The Hall–Kier alpha value is -3.34. The number of anilines is 2. The van der Waals surface area contributed by atoms with Crippen LogP contribution in [-0.4, -0.2) is 25.0 Å². The van der Waals surface area contributed by atoms with Crippen molar-refractivity contribution in [2.24, 2.45) is 0 Å². The molecule has 0 saturated carbocycles. The maximum atomic E-state index is 12.2. The van der Waals surface area contributed by atoms with Crippen molar-refractivity contribution in [3.05, 3.63) is 72.3 Å². The van der Waals surface area contributed by atoms with Gasteiger partial charge in [0, 0.05) is 24.4 Å². The van der Waals surface area contributed by atoms with Gasteiger partial charge in [-0.1, -0.05) is 44.2 Å². The molecule has 5 heteroatoms. The Balaban J connectivity index is 1.67. The highest BCUT2D eigenvalue weighted by molar-refractivity contribution is 6.03. The van der Waals surface area contributed by atoms with Crippen LogP contribution in [0.3, 0.4) is 0 Å². The van der Waals surface area contributed by atoms with E-state index in [2.05, 4.69) is 37.9 Å². The summed E-state index contributed by atoms with van der Waals surface area (Å²) in [7, 11) is 0. The molecule has 0 aliphatic carbocycles. The zero-order valence-corrected chi connectivity index (χ0v) is 16.1. The molecular formula is C23H24N2O3. The van der Waals surface area contributed by atoms with Crippen LogP contribution in [0.1, 0.15) is 30.9 Å². The largest absolute Gasteiger partial charge is 0.481 e. The van der Waals surface area contributed by atoms with Crippen molar-refractivity contribution in [3.63, 3.8) is 0 Å². The van der Waals surface area contributed by atoms with Gasteiger partial charge in [0.2, 0.25) is 5.91 Å². The van der Waals surface area contributed by atoms with E-state index in [0.717, 1.165) is 5.56 Å². The van der Waals surface area contributed by atoms with Gasteiger partial charge in [-0.15, -0.1) is 6.58 Å². The second-order valence-electron chi connectivity index (χ2n) is 6.91. The van der Waals surface area contributed by atoms with Gasteiger partial charge in [-0.3, -0.25) is 9.59 Å². The van der Waals surface area contributed by atoms with Crippen LogP contribution in [0.5, 0.6) is 5.75 Å². The molecule has 2 aromatic carbocycles. The first-order valence-electron chi connectivity index (χ1n) is 9.25. The standard InChI is InChI=1S/C23H24N2O3/c1-4-13-25-20-11-10-19(14-21(20)28-15-23(25)27)24-22(26)12-7-17-5-8-18(9-6-17)16(2)3/h4-12,14,16H,1,13,15H2,2-3H3,(H,24,26)/b12-7+. The minimum atomic E-state index is -0.234. The lowest BCUT2D eigenvalue weighted by Gasteiger charge is -2.28. The first-order chi connectivity index (χ1) is 13.5. The predicted molar refractivity (Wildman–Crippen MR) is 113 cm³/mol. The van der Waals surface area contributed by atoms with E-state index in [4.69, 9.17) is 4.74 Å². The van der Waals surface area contributed by atoms with Crippen molar-refractivity contribution in [2.75, 3.05) is 23.4 Å². The summed E-state index contributed by atoms with van der Waals surface area (Å²) >= 11 is 0. The molecular weight excluding hydrogens is 352 g/mol. The van der Waals surface area contributed by atoms with Crippen molar-refractivity contribution in [3.8, 4) is 5.75 Å². The van der Waals surface area contributed by atoms with Crippen LogP contribution in [0.2, 0.25) is 0 Å². The first kappa shape index (κ1) is 19.4. The van der Waals surface area contributed by atoms with Crippen molar-refractivity contribution >= 4 is 29.3 Å². The number of fused-ring (bicyclic) bond motifs is 1. The highest BCUT2D eigenvalue weighted by Crippen LogP contribution is 2.34. The van der Waals surface area contributed by atoms with Gasteiger partial charge in [-0.05, 0) is 35.3 Å². The van der Waals surface area contributed by atoms with E-state index < -0.39 is 0 Å². The molecule has 2 amide bonds. The van der Waals surface area contributed by atoms with Crippen LogP contribution >= 0.6 is 0 Å². The summed E-state index contributed by atoms with van der Waals surface area (Å²) in [4.78, 5) is 25.8. The summed E-state index contributed by atoms with van der Waals surface area (Å²) in [6.07, 6.45) is 4.94. The van der Waals surface area contributed by atoms with Gasteiger partial charge in [-0.2, -0.15) is 0 Å². The minimum absolute atomic E-state index is 0.0233. The van der Waals surface area contributed by atoms with E-state index >= 15 is 0 Å². The number of carbonyl (C=O) groups is 2. The molecule has 1 aliphatic heterocycles. The lowest BCUT2D eigenvalue weighted by molar-refractivity contribution is -0.121. The van der Waals surface area contributed by atoms with Crippen LogP contribution in [-0.2, 0) is 9.59 Å². The molecule has 1 aliphatic rings. The number of nitrogens with zero attached hydrogens (tertiary/aromatic N) is 1. The maximum Gasteiger partial charge on any atom is 0.265 e. The summed E-state index contributed by atoms with van der Waals surface area (Å²) < 4.78 is 5.50. The number of hydrogen-bond acceptors (Lipinski definition) is 3. The topological polar surface area (TPSA) is 58.6 Å². The quantitative estimate of drug-likeness (QED) is 0.601. The summed E-state index contributed by atoms with van der Waals surface area (Å²) in [6.45, 7) is 8.36. The fraction of sp³-hybridized carbons (Fsp3) is 0.217. The predicted octanol–water partition coefficient (Wildman–Crippen LogP) is 4.37. The number of rotatable bonds is 6. The summed E-state index contributed by atoms with van der Waals surface area (Å²) in [5, 5.41) is 2.82. The van der Waals surface area contributed by atoms with Gasteiger partial charge >= 0.3 is 0 Å². The molecule has 2 aromatic rings. The number of benzene rings is 2. The average molecular weight is 376 g/mol. The van der Waals surface area contributed by atoms with E-state index in [0.29, 0.717) is 29.6 Å². The Morgan fingerprint density at radius 3 is 2.68 bits per heavy atom. The van der Waals surface area contributed by atoms with Crippen molar-refractivity contribution in [1.82, 2.24) is 0 Å². The Morgan fingerprint density at radius 2 is 2.00 bits per heavy atom. The van der Waals surface area contributed by atoms with E-state index in [9.17, 15) is 9.59 Å². The van der Waals surface area contributed by atoms with Gasteiger partial charge in [0.05, 0.1) is 5.69 Å². The molecule has 0 saturated heterocycles. The van der Waals surface area contributed by atoms with Crippen LogP contribution in [0.15, 0.2) is 61.2 Å². The van der Waals surface area contributed by atoms with Crippen molar-refractivity contribution in [1.29, 1.82) is 0 Å². The number of hydrogen-bond donors (Lipinski definition) is 1. The summed E-state index contributed by atoms with van der Waals surface area (Å²) in [5.74, 6) is 0.691. The third kappa shape index (κ3) is 4.49. The van der Waals surface area contributed by atoms with Gasteiger partial charge in [0.1, 0.15) is 5.75 Å². The second-order valence-corrected chi connectivity index (χ2v) is 6.91. The molecule has 28 heavy (non-hydrogen) atoms. The van der Waals surface area contributed by atoms with Crippen LogP contribution in [0.4, 0.5) is 11.4 Å². The molecule has 3 rings (SSSR count). The monoisotopic (exact) mass is 376 g/mol. The smallest absolute Gasteiger partial charge is 0.265 e. The highest BCUT2D eigenvalue weighted by atomic mass is 16.5. The molecule has 5 nitrogen and oxygen atoms in total. The molecule has 144 valence electrons. The summed E-state index contributed by atoms with van der Waals surface area (Å²) in [6, 6.07) is 13.4. The second kappa shape index (κ2) is 8.57. The van der Waals surface area contributed by atoms with Crippen molar-refractivity contribution < 1.29 is 14.3 Å². The highest BCUT2D eigenvalue weighted by Gasteiger charge is 2.24. The number of carbonyl (C=O) groups excluding carboxylic acids is 2. The molecule has 0 atom stereocenters. The molecule has 0 bridgehead atoms. The number of ether oxygens (including phenoxy) is 1. The lowest BCUT2D eigenvalue weighted by atomic mass is 10.0. The molecule has 1 N–H and O–H groups in total. The van der Waals surface area contributed by atoms with E-state index in [1.54, 1.807) is 35.3 Å². The maximum absolute atomic E-state index is 12.2. The van der Waals surface area contributed by atoms with Gasteiger partial charge in [0.25, 0.3) is 5.91 Å². The van der Waals surface area contributed by atoms with Gasteiger partial charge in [-0.25, -0.2) is 0 Å². The van der Waals surface area contributed by atoms with Crippen LogP contribution in [0, 0.1) is 0 Å². The molecule has 0 fully saturated rings. The third-order valence-electron chi connectivity index (χ3n) is 4.51. The SMILES string of the molecule is C=CCN1C(=O)COc2cc(NC(=O)/C=C/c3ccc(C(C)C)cc3)ccc21. The zero-order valence-electron chi connectivity index (χ0n) is 16.1. The fourth-order valence-electron chi connectivity index (χ4n) is 2.96. The minimum Gasteiger partial charge on any atom is -0.481 e. The van der Waals surface area contributed by atoms with E-state index in [1.165, 1.54) is 11.6 Å². The van der Waals surface area contributed by atoms with Gasteiger partial charge in [0.15, 0.2) is 6.61 Å².